The number of fused-ring (bicyclic) bond motifs is 11. The van der Waals surface area contributed by atoms with E-state index in [1.54, 1.807) is 0 Å². The van der Waals surface area contributed by atoms with Crippen molar-refractivity contribution in [1.29, 1.82) is 0 Å². The smallest absolute Gasteiger partial charge is 0.00137 e. The number of hydrogen-bond donors (Lipinski definition) is 0. The second kappa shape index (κ2) is 14.0. The summed E-state index contributed by atoms with van der Waals surface area (Å²) in [5.74, 6) is 0. The molecular formula is C66H50. The van der Waals surface area contributed by atoms with Crippen molar-refractivity contribution in [3.8, 4) is 44.5 Å². The van der Waals surface area contributed by atoms with Gasteiger partial charge >= 0.3 is 0 Å². The van der Waals surface area contributed by atoms with Crippen LogP contribution in [0.3, 0.4) is 0 Å². The highest BCUT2D eigenvalue weighted by Gasteiger charge is 2.23. The molecule has 13 aromatic carbocycles. The highest BCUT2D eigenvalue weighted by Crippen LogP contribution is 2.51. The van der Waals surface area contributed by atoms with Crippen LogP contribution in [-0.2, 0) is 0 Å². The van der Waals surface area contributed by atoms with Gasteiger partial charge in [0.25, 0.3) is 0 Å². The molecule has 0 bridgehead atoms. The fourth-order valence-corrected chi connectivity index (χ4v) is 12.4. The normalized spacial score (nSPS) is 12.2. The van der Waals surface area contributed by atoms with E-state index in [-0.39, 0.29) is 0 Å². The average Bonchev–Trinajstić information content (AvgIpc) is 3.77. The fourth-order valence-electron chi connectivity index (χ4n) is 12.4. The molecule has 0 atom stereocenters. The average molecular weight is 843 g/mol. The minimum Gasteiger partial charge on any atom is -0.0563 e. The van der Waals surface area contributed by atoms with Gasteiger partial charge in [-0.2, -0.15) is 0 Å². The molecule has 0 aliphatic rings. The van der Waals surface area contributed by atoms with E-state index in [0.717, 1.165) is 0 Å². The molecule has 0 heterocycles. The van der Waals surface area contributed by atoms with Gasteiger partial charge < -0.3 is 0 Å². The van der Waals surface area contributed by atoms with Gasteiger partial charge in [-0.15, -0.1) is 0 Å². The van der Waals surface area contributed by atoms with Crippen LogP contribution in [0.15, 0.2) is 158 Å². The van der Waals surface area contributed by atoms with Crippen LogP contribution in [0.1, 0.15) is 44.5 Å². The maximum atomic E-state index is 2.56. The molecule has 0 N–H and O–H groups in total. The lowest BCUT2D eigenvalue weighted by Gasteiger charge is -2.17. The molecule has 0 aliphatic heterocycles. The van der Waals surface area contributed by atoms with E-state index < -0.39 is 0 Å². The molecule has 0 saturated heterocycles. The van der Waals surface area contributed by atoms with Gasteiger partial charge in [0.05, 0.1) is 0 Å². The van der Waals surface area contributed by atoms with Crippen molar-refractivity contribution in [2.24, 2.45) is 0 Å². The van der Waals surface area contributed by atoms with Crippen molar-refractivity contribution in [2.75, 3.05) is 0 Å². The highest BCUT2D eigenvalue weighted by atomic mass is 14.3. The Morgan fingerprint density at radius 3 is 0.788 bits per heavy atom. The number of hydrogen-bond acceptors (Lipinski definition) is 0. The minimum atomic E-state index is 1.26. The van der Waals surface area contributed by atoms with Gasteiger partial charge in [0.15, 0.2) is 0 Å². The maximum absolute atomic E-state index is 2.56. The largest absolute Gasteiger partial charge is 0.0563 e. The Morgan fingerprint density at radius 1 is 0.167 bits per heavy atom. The van der Waals surface area contributed by atoms with E-state index in [9.17, 15) is 0 Å². The Bertz CT molecular complexity index is 3880. The maximum Gasteiger partial charge on any atom is -0.00137 e. The van der Waals surface area contributed by atoms with E-state index >= 15 is 0 Å². The first kappa shape index (κ1) is 38.9. The summed E-state index contributed by atoms with van der Waals surface area (Å²) in [5, 5.41) is 21.2. The second-order valence-corrected chi connectivity index (χ2v) is 20.0. The van der Waals surface area contributed by atoms with Crippen molar-refractivity contribution in [2.45, 2.75) is 55.4 Å². The standard InChI is InChI=1S/C66H50/c1-35-19-36(2)24-45(23-35)43-9-11-51-53-15-13-49(47-27-39(5)21-40(6)28-47)63-55-17-18-56-60(59(55)33-61(65(53)63)57(51)31-43)34-62-58-32-44(46-25-37(3)20-38(4)26-46)10-12-52(58)54-16-14-50(64(56)66(54)62)48-29-41(7)22-42(8)30-48/h9-34H,1-8H3. The first-order valence-electron chi connectivity index (χ1n) is 23.5. The van der Waals surface area contributed by atoms with Gasteiger partial charge in [-0.3, -0.25) is 0 Å². The van der Waals surface area contributed by atoms with Crippen LogP contribution in [0.4, 0.5) is 0 Å². The SMILES string of the molecule is Cc1cc(C)cc(-c2ccc3c(c2)c2cc4c5cc6c7cc(-c8cc(C)cc(C)c8)ccc7c7ccc(-c8cc(C)cc(C)c8)c(c5ccc4c4c(-c5cc(C)cc(C)c5)ccc3c24)c76)c1. The molecule has 0 aliphatic carbocycles. The molecule has 13 rings (SSSR count). The van der Waals surface area contributed by atoms with Crippen molar-refractivity contribution < 1.29 is 0 Å². The molecule has 13 aromatic rings. The van der Waals surface area contributed by atoms with Gasteiger partial charge in [0, 0.05) is 0 Å². The Labute approximate surface area is 386 Å². The van der Waals surface area contributed by atoms with Crippen molar-refractivity contribution in [3.63, 3.8) is 0 Å². The van der Waals surface area contributed by atoms with E-state index in [1.807, 2.05) is 0 Å². The molecule has 0 fully saturated rings. The van der Waals surface area contributed by atoms with Gasteiger partial charge in [-0.1, -0.05) is 178 Å². The third-order valence-corrected chi connectivity index (χ3v) is 14.7. The summed E-state index contributed by atoms with van der Waals surface area (Å²) in [4.78, 5) is 0. The zero-order chi connectivity index (χ0) is 44.9. The summed E-state index contributed by atoms with van der Waals surface area (Å²) in [7, 11) is 0. The van der Waals surface area contributed by atoms with Gasteiger partial charge in [0.1, 0.15) is 0 Å². The van der Waals surface area contributed by atoms with Crippen LogP contribution in [0.5, 0.6) is 0 Å². The number of aryl methyl sites for hydroxylation is 8. The van der Waals surface area contributed by atoms with E-state index in [1.165, 1.54) is 175 Å². The Kier molecular flexibility index (Phi) is 8.24. The molecule has 0 aromatic heterocycles. The summed E-state index contributed by atoms with van der Waals surface area (Å²) in [6.45, 7) is 17.7. The van der Waals surface area contributed by atoms with Gasteiger partial charge in [0.2, 0.25) is 0 Å². The molecule has 0 heteroatoms. The molecule has 0 saturated carbocycles. The topological polar surface area (TPSA) is 0 Å². The van der Waals surface area contributed by atoms with Crippen molar-refractivity contribution >= 4 is 86.2 Å². The molecule has 0 spiro atoms. The second-order valence-electron chi connectivity index (χ2n) is 20.0. The van der Waals surface area contributed by atoms with Crippen LogP contribution >= 0.6 is 0 Å². The molecule has 0 nitrogen and oxygen atoms in total. The summed E-state index contributed by atoms with van der Waals surface area (Å²) in [5.41, 5.74) is 20.5. The lowest BCUT2D eigenvalue weighted by Crippen LogP contribution is -1.90. The lowest BCUT2D eigenvalue weighted by atomic mass is 9.86. The number of benzene rings is 11. The van der Waals surface area contributed by atoms with E-state index in [0.29, 0.717) is 0 Å². The van der Waals surface area contributed by atoms with E-state index in [2.05, 4.69) is 213 Å². The van der Waals surface area contributed by atoms with Crippen molar-refractivity contribution in [1.82, 2.24) is 0 Å². The first-order valence-corrected chi connectivity index (χ1v) is 23.5. The first-order chi connectivity index (χ1) is 31.9. The van der Waals surface area contributed by atoms with E-state index in [4.69, 9.17) is 0 Å². The third-order valence-electron chi connectivity index (χ3n) is 14.7. The zero-order valence-electron chi connectivity index (χ0n) is 39.0. The molecule has 0 amide bonds. The Hall–Kier alpha value is -7.54. The summed E-state index contributed by atoms with van der Waals surface area (Å²) >= 11 is 0. The predicted molar refractivity (Wildman–Crippen MR) is 289 cm³/mol. The molecule has 314 valence electrons. The van der Waals surface area contributed by atoms with Crippen LogP contribution in [0.25, 0.3) is 131 Å². The zero-order valence-corrected chi connectivity index (χ0v) is 39.0. The third kappa shape index (κ3) is 5.77. The van der Waals surface area contributed by atoms with Crippen LogP contribution < -0.4 is 0 Å². The number of rotatable bonds is 4. The van der Waals surface area contributed by atoms with Crippen molar-refractivity contribution in [3.05, 3.63) is 202 Å². The Balaban J connectivity index is 1.22. The molecular weight excluding hydrogens is 793 g/mol. The fraction of sp³-hybridized carbons (Fsp3) is 0.121. The summed E-state index contributed by atoms with van der Waals surface area (Å²) < 4.78 is 0. The molecule has 66 heavy (non-hydrogen) atoms. The lowest BCUT2D eigenvalue weighted by molar-refractivity contribution is 1.38. The van der Waals surface area contributed by atoms with Crippen LogP contribution in [-0.4, -0.2) is 0 Å². The van der Waals surface area contributed by atoms with Crippen LogP contribution in [0, 0.1) is 55.4 Å². The summed E-state index contributed by atoms with van der Waals surface area (Å²) in [6, 6.07) is 61.9. The predicted octanol–water partition coefficient (Wildman–Crippen LogP) is 18.9. The Morgan fingerprint density at radius 2 is 0.439 bits per heavy atom. The quantitative estimate of drug-likeness (QED) is 0.155. The molecule has 0 radical (unpaired) electrons. The van der Waals surface area contributed by atoms with Gasteiger partial charge in [-0.05, 0) is 210 Å². The highest BCUT2D eigenvalue weighted by molar-refractivity contribution is 6.42. The van der Waals surface area contributed by atoms with Crippen LogP contribution in [0.2, 0.25) is 0 Å². The monoisotopic (exact) mass is 842 g/mol. The minimum absolute atomic E-state index is 1.26. The molecule has 0 unspecified atom stereocenters. The summed E-state index contributed by atoms with van der Waals surface area (Å²) in [6.07, 6.45) is 0. The van der Waals surface area contributed by atoms with Gasteiger partial charge in [-0.25, -0.2) is 0 Å².